The molecular weight excluding hydrogens is 196 g/mol. The fraction of sp³-hybridized carbons (Fsp3) is 0.600. The van der Waals surface area contributed by atoms with Crippen LogP contribution >= 0.6 is 0 Å². The summed E-state index contributed by atoms with van der Waals surface area (Å²) in [5.41, 5.74) is 1.95. The van der Waals surface area contributed by atoms with Crippen LogP contribution in [0.5, 0.6) is 0 Å². The summed E-state index contributed by atoms with van der Waals surface area (Å²) in [5, 5.41) is 10.4. The summed E-state index contributed by atoms with van der Waals surface area (Å²) in [6, 6.07) is 8.51. The maximum absolute atomic E-state index is 10.4. The molecule has 1 saturated carbocycles. The number of hydrogen-bond donors (Lipinski definition) is 1. The highest BCUT2D eigenvalue weighted by molar-refractivity contribution is 5.33. The molecule has 0 spiro atoms. The first-order chi connectivity index (χ1) is 7.58. The lowest BCUT2D eigenvalue weighted by molar-refractivity contribution is 0.129. The SMILES string of the molecule is CCCC1CC1(O)c1ccc(C(C)C)cc1. The van der Waals surface area contributed by atoms with Gasteiger partial charge < -0.3 is 5.11 Å². The van der Waals surface area contributed by atoms with Gasteiger partial charge in [-0.25, -0.2) is 0 Å². The zero-order valence-electron chi connectivity index (χ0n) is 10.5. The molecule has 0 radical (unpaired) electrons. The quantitative estimate of drug-likeness (QED) is 0.814. The molecule has 1 aromatic carbocycles. The van der Waals surface area contributed by atoms with Gasteiger partial charge in [-0.1, -0.05) is 51.5 Å². The van der Waals surface area contributed by atoms with Crippen molar-refractivity contribution in [1.29, 1.82) is 0 Å². The van der Waals surface area contributed by atoms with E-state index >= 15 is 0 Å². The largest absolute Gasteiger partial charge is 0.385 e. The molecule has 0 amide bonds. The van der Waals surface area contributed by atoms with Crippen LogP contribution in [0.4, 0.5) is 0 Å². The molecule has 0 saturated heterocycles. The first kappa shape index (κ1) is 11.7. The molecule has 1 nitrogen and oxygen atoms in total. The van der Waals surface area contributed by atoms with E-state index in [2.05, 4.69) is 45.0 Å². The Morgan fingerprint density at radius 3 is 2.44 bits per heavy atom. The molecule has 16 heavy (non-hydrogen) atoms. The van der Waals surface area contributed by atoms with Gasteiger partial charge in [-0.15, -0.1) is 0 Å². The summed E-state index contributed by atoms with van der Waals surface area (Å²) in [4.78, 5) is 0. The van der Waals surface area contributed by atoms with E-state index in [1.807, 2.05) is 0 Å². The van der Waals surface area contributed by atoms with Crippen molar-refractivity contribution < 1.29 is 5.11 Å². The van der Waals surface area contributed by atoms with Gasteiger partial charge in [0, 0.05) is 0 Å². The second-order valence-corrected chi connectivity index (χ2v) is 5.39. The van der Waals surface area contributed by atoms with Gasteiger partial charge in [-0.2, -0.15) is 0 Å². The Labute approximate surface area is 98.5 Å². The summed E-state index contributed by atoms with van der Waals surface area (Å²) in [5.74, 6) is 1.05. The maximum atomic E-state index is 10.4. The second-order valence-electron chi connectivity index (χ2n) is 5.39. The molecule has 0 bridgehead atoms. The fourth-order valence-electron chi connectivity index (χ4n) is 2.52. The first-order valence-electron chi connectivity index (χ1n) is 6.40. The van der Waals surface area contributed by atoms with Gasteiger partial charge in [0.15, 0.2) is 0 Å². The van der Waals surface area contributed by atoms with Crippen molar-refractivity contribution in [2.45, 2.75) is 51.6 Å². The Kier molecular flexibility index (Phi) is 3.07. The standard InChI is InChI=1S/C15H22O/c1-4-5-14-10-15(14,16)13-8-6-12(7-9-13)11(2)3/h6-9,11,14,16H,4-5,10H2,1-3H3. The molecule has 1 fully saturated rings. The van der Waals surface area contributed by atoms with E-state index in [9.17, 15) is 5.11 Å². The third-order valence-electron chi connectivity index (χ3n) is 3.79. The molecule has 1 N–H and O–H groups in total. The van der Waals surface area contributed by atoms with Crippen LogP contribution < -0.4 is 0 Å². The zero-order chi connectivity index (χ0) is 11.8. The van der Waals surface area contributed by atoms with E-state index in [0.29, 0.717) is 11.8 Å². The summed E-state index contributed by atoms with van der Waals surface area (Å²) in [6.45, 7) is 6.57. The fourth-order valence-corrected chi connectivity index (χ4v) is 2.52. The second kappa shape index (κ2) is 4.21. The smallest absolute Gasteiger partial charge is 0.0929 e. The Morgan fingerprint density at radius 1 is 1.31 bits per heavy atom. The monoisotopic (exact) mass is 218 g/mol. The molecular formula is C15H22O. The molecule has 0 aromatic heterocycles. The lowest BCUT2D eigenvalue weighted by Gasteiger charge is -2.12. The average molecular weight is 218 g/mol. The third-order valence-corrected chi connectivity index (χ3v) is 3.79. The van der Waals surface area contributed by atoms with Crippen LogP contribution in [0.3, 0.4) is 0 Å². The van der Waals surface area contributed by atoms with Crippen LogP contribution in [0.2, 0.25) is 0 Å². The summed E-state index contributed by atoms with van der Waals surface area (Å²) in [7, 11) is 0. The molecule has 0 heterocycles. The van der Waals surface area contributed by atoms with Gasteiger partial charge in [-0.05, 0) is 35.8 Å². The molecule has 1 heteroatoms. The lowest BCUT2D eigenvalue weighted by Crippen LogP contribution is -2.08. The molecule has 1 aliphatic rings. The van der Waals surface area contributed by atoms with Crippen molar-refractivity contribution in [3.63, 3.8) is 0 Å². The molecule has 2 atom stereocenters. The van der Waals surface area contributed by atoms with Gasteiger partial charge in [0.25, 0.3) is 0 Å². The number of hydrogen-bond acceptors (Lipinski definition) is 1. The number of aliphatic hydroxyl groups is 1. The van der Waals surface area contributed by atoms with Crippen LogP contribution in [-0.2, 0) is 5.60 Å². The van der Waals surface area contributed by atoms with E-state index in [1.54, 1.807) is 0 Å². The molecule has 1 aromatic rings. The predicted molar refractivity (Wildman–Crippen MR) is 67.4 cm³/mol. The normalized spacial score (nSPS) is 28.4. The van der Waals surface area contributed by atoms with Crippen LogP contribution in [0.25, 0.3) is 0 Å². The summed E-state index contributed by atoms with van der Waals surface area (Å²) >= 11 is 0. The molecule has 0 aliphatic heterocycles. The van der Waals surface area contributed by atoms with Crippen molar-refractivity contribution in [2.75, 3.05) is 0 Å². The van der Waals surface area contributed by atoms with Gasteiger partial charge in [0.05, 0.1) is 5.60 Å². The average Bonchev–Trinajstić information content (AvgIpc) is 2.92. The maximum Gasteiger partial charge on any atom is 0.0929 e. The Balaban J connectivity index is 2.11. The summed E-state index contributed by atoms with van der Waals surface area (Å²) < 4.78 is 0. The van der Waals surface area contributed by atoms with Crippen molar-refractivity contribution in [2.24, 2.45) is 5.92 Å². The van der Waals surface area contributed by atoms with Crippen molar-refractivity contribution in [3.8, 4) is 0 Å². The van der Waals surface area contributed by atoms with Gasteiger partial charge in [-0.3, -0.25) is 0 Å². The molecule has 1 aliphatic carbocycles. The highest BCUT2D eigenvalue weighted by Crippen LogP contribution is 2.54. The predicted octanol–water partition coefficient (Wildman–Crippen LogP) is 3.82. The minimum absolute atomic E-state index is 0.488. The Bertz CT molecular complexity index is 352. The number of benzene rings is 1. The minimum Gasteiger partial charge on any atom is -0.385 e. The van der Waals surface area contributed by atoms with E-state index in [4.69, 9.17) is 0 Å². The van der Waals surface area contributed by atoms with E-state index in [-0.39, 0.29) is 0 Å². The van der Waals surface area contributed by atoms with Crippen molar-refractivity contribution in [1.82, 2.24) is 0 Å². The van der Waals surface area contributed by atoms with Crippen LogP contribution in [0, 0.1) is 5.92 Å². The third kappa shape index (κ3) is 2.01. The van der Waals surface area contributed by atoms with E-state index < -0.39 is 5.60 Å². The van der Waals surface area contributed by atoms with Crippen LogP contribution in [0.15, 0.2) is 24.3 Å². The first-order valence-corrected chi connectivity index (χ1v) is 6.40. The topological polar surface area (TPSA) is 20.2 Å². The zero-order valence-corrected chi connectivity index (χ0v) is 10.5. The number of rotatable bonds is 4. The summed E-state index contributed by atoms with van der Waals surface area (Å²) in [6.07, 6.45) is 3.25. The highest BCUT2D eigenvalue weighted by atomic mass is 16.3. The Hall–Kier alpha value is -0.820. The minimum atomic E-state index is -0.508. The van der Waals surface area contributed by atoms with Crippen LogP contribution in [-0.4, -0.2) is 5.11 Å². The van der Waals surface area contributed by atoms with E-state index in [0.717, 1.165) is 24.8 Å². The van der Waals surface area contributed by atoms with Gasteiger partial charge >= 0.3 is 0 Å². The van der Waals surface area contributed by atoms with Gasteiger partial charge in [0.1, 0.15) is 0 Å². The molecule has 88 valence electrons. The van der Waals surface area contributed by atoms with Crippen molar-refractivity contribution in [3.05, 3.63) is 35.4 Å². The van der Waals surface area contributed by atoms with E-state index in [1.165, 1.54) is 5.56 Å². The van der Waals surface area contributed by atoms with Crippen molar-refractivity contribution >= 4 is 0 Å². The Morgan fingerprint density at radius 2 is 1.94 bits per heavy atom. The lowest BCUT2D eigenvalue weighted by atomic mass is 9.98. The molecule has 2 unspecified atom stereocenters. The highest BCUT2D eigenvalue weighted by Gasteiger charge is 2.53. The molecule has 2 rings (SSSR count). The van der Waals surface area contributed by atoms with Crippen LogP contribution in [0.1, 0.15) is 57.1 Å². The van der Waals surface area contributed by atoms with Gasteiger partial charge in [0.2, 0.25) is 0 Å².